The van der Waals surface area contributed by atoms with Crippen LogP contribution in [0, 0.1) is 0 Å². The summed E-state index contributed by atoms with van der Waals surface area (Å²) in [5, 5.41) is 7.14. The molecule has 0 saturated heterocycles. The molecule has 0 aliphatic carbocycles. The lowest BCUT2D eigenvalue weighted by molar-refractivity contribution is -0.129. The van der Waals surface area contributed by atoms with Crippen LogP contribution < -0.4 is 5.32 Å². The minimum atomic E-state index is -0.415. The molecule has 2 rings (SSSR count). The standard InChI is InChI=1S/C15H19N3O2/c1-12(20-2)15(19)16-9-8-13-10-17-18(11-13)14-6-4-3-5-7-14/h3-7,10-12H,8-9H2,1-2H3,(H,16,19). The van der Waals surface area contributed by atoms with E-state index in [1.807, 2.05) is 47.4 Å². The molecule has 1 heterocycles. The fraction of sp³-hybridized carbons (Fsp3) is 0.333. The number of para-hydroxylation sites is 1. The molecule has 1 atom stereocenters. The maximum absolute atomic E-state index is 11.5. The van der Waals surface area contributed by atoms with E-state index in [4.69, 9.17) is 4.74 Å². The Balaban J connectivity index is 1.86. The third-order valence-corrected chi connectivity index (χ3v) is 3.09. The van der Waals surface area contributed by atoms with Crippen molar-refractivity contribution in [3.63, 3.8) is 0 Å². The topological polar surface area (TPSA) is 56.1 Å². The van der Waals surface area contributed by atoms with E-state index in [0.717, 1.165) is 17.7 Å². The van der Waals surface area contributed by atoms with Gasteiger partial charge in [0.1, 0.15) is 6.10 Å². The number of hydrogen-bond donors (Lipinski definition) is 1. The van der Waals surface area contributed by atoms with Crippen LogP contribution in [0.2, 0.25) is 0 Å². The van der Waals surface area contributed by atoms with Crippen LogP contribution in [0.15, 0.2) is 42.7 Å². The number of nitrogens with zero attached hydrogens (tertiary/aromatic N) is 2. The molecular formula is C15H19N3O2. The van der Waals surface area contributed by atoms with Gasteiger partial charge >= 0.3 is 0 Å². The minimum absolute atomic E-state index is 0.0945. The average molecular weight is 273 g/mol. The van der Waals surface area contributed by atoms with Crippen molar-refractivity contribution in [3.05, 3.63) is 48.3 Å². The summed E-state index contributed by atoms with van der Waals surface area (Å²) < 4.78 is 6.78. The molecule has 106 valence electrons. The van der Waals surface area contributed by atoms with E-state index < -0.39 is 6.10 Å². The smallest absolute Gasteiger partial charge is 0.248 e. The fourth-order valence-corrected chi connectivity index (χ4v) is 1.79. The number of rotatable bonds is 6. The molecule has 2 aromatic rings. The normalized spacial score (nSPS) is 12.1. The van der Waals surface area contributed by atoms with Gasteiger partial charge in [0, 0.05) is 19.9 Å². The average Bonchev–Trinajstić information content (AvgIpc) is 2.96. The predicted molar refractivity (Wildman–Crippen MR) is 76.7 cm³/mol. The first-order valence-corrected chi connectivity index (χ1v) is 6.60. The molecule has 0 aliphatic rings. The molecular weight excluding hydrogens is 254 g/mol. The molecule has 20 heavy (non-hydrogen) atoms. The van der Waals surface area contributed by atoms with E-state index in [1.54, 1.807) is 6.92 Å². The van der Waals surface area contributed by atoms with Crippen LogP contribution in [0.25, 0.3) is 5.69 Å². The van der Waals surface area contributed by atoms with Crippen LogP contribution in [0.4, 0.5) is 0 Å². The molecule has 1 N–H and O–H groups in total. The van der Waals surface area contributed by atoms with Gasteiger partial charge in [0.25, 0.3) is 0 Å². The van der Waals surface area contributed by atoms with Crippen LogP contribution >= 0.6 is 0 Å². The highest BCUT2D eigenvalue weighted by Crippen LogP contribution is 2.07. The summed E-state index contributed by atoms with van der Waals surface area (Å²) >= 11 is 0. The van der Waals surface area contributed by atoms with Gasteiger partial charge in [-0.05, 0) is 31.0 Å². The number of nitrogens with one attached hydrogen (secondary N) is 1. The zero-order valence-electron chi connectivity index (χ0n) is 11.7. The van der Waals surface area contributed by atoms with Crippen LogP contribution in [0.3, 0.4) is 0 Å². The predicted octanol–water partition coefficient (Wildman–Crippen LogP) is 1.57. The van der Waals surface area contributed by atoms with Crippen molar-refractivity contribution in [2.24, 2.45) is 0 Å². The molecule has 0 fully saturated rings. The maximum Gasteiger partial charge on any atom is 0.248 e. The van der Waals surface area contributed by atoms with Gasteiger partial charge in [-0.25, -0.2) is 4.68 Å². The zero-order valence-corrected chi connectivity index (χ0v) is 11.7. The Kier molecular flexibility index (Phi) is 4.90. The van der Waals surface area contributed by atoms with Crippen molar-refractivity contribution >= 4 is 5.91 Å². The van der Waals surface area contributed by atoms with Crippen LogP contribution in [0.1, 0.15) is 12.5 Å². The van der Waals surface area contributed by atoms with Crippen molar-refractivity contribution in [3.8, 4) is 5.69 Å². The van der Waals surface area contributed by atoms with Crippen LogP contribution in [-0.4, -0.2) is 35.4 Å². The molecule has 0 radical (unpaired) electrons. The van der Waals surface area contributed by atoms with E-state index in [2.05, 4.69) is 10.4 Å². The second-order valence-electron chi connectivity index (χ2n) is 4.55. The lowest BCUT2D eigenvalue weighted by atomic mass is 10.2. The molecule has 1 aromatic carbocycles. The Morgan fingerprint density at radius 1 is 1.40 bits per heavy atom. The van der Waals surface area contributed by atoms with E-state index >= 15 is 0 Å². The Bertz CT molecular complexity index is 551. The Hall–Kier alpha value is -2.14. The summed E-state index contributed by atoms with van der Waals surface area (Å²) in [6.07, 6.45) is 4.12. The number of hydrogen-bond acceptors (Lipinski definition) is 3. The van der Waals surface area contributed by atoms with E-state index in [-0.39, 0.29) is 5.91 Å². The van der Waals surface area contributed by atoms with E-state index in [1.165, 1.54) is 7.11 Å². The summed E-state index contributed by atoms with van der Waals surface area (Å²) in [7, 11) is 1.52. The zero-order chi connectivity index (χ0) is 14.4. The van der Waals surface area contributed by atoms with Gasteiger partial charge in [0.15, 0.2) is 0 Å². The Morgan fingerprint density at radius 3 is 2.85 bits per heavy atom. The van der Waals surface area contributed by atoms with Crippen molar-refractivity contribution < 1.29 is 9.53 Å². The Labute approximate surface area is 118 Å². The SMILES string of the molecule is COC(C)C(=O)NCCc1cnn(-c2ccccc2)c1. The molecule has 1 amide bonds. The molecule has 1 unspecified atom stereocenters. The van der Waals surface area contributed by atoms with Gasteiger partial charge < -0.3 is 10.1 Å². The van der Waals surface area contributed by atoms with Gasteiger partial charge in [-0.15, -0.1) is 0 Å². The third-order valence-electron chi connectivity index (χ3n) is 3.09. The number of aromatic nitrogens is 2. The second kappa shape index (κ2) is 6.86. The van der Waals surface area contributed by atoms with Gasteiger partial charge in [-0.2, -0.15) is 5.10 Å². The molecule has 5 heteroatoms. The van der Waals surface area contributed by atoms with Gasteiger partial charge in [0.05, 0.1) is 11.9 Å². The largest absolute Gasteiger partial charge is 0.372 e. The molecule has 0 spiro atoms. The monoisotopic (exact) mass is 273 g/mol. The minimum Gasteiger partial charge on any atom is -0.372 e. The summed E-state index contributed by atoms with van der Waals surface area (Å²) in [6, 6.07) is 9.92. The summed E-state index contributed by atoms with van der Waals surface area (Å²) in [5.74, 6) is -0.0945. The van der Waals surface area contributed by atoms with Gasteiger partial charge in [-0.1, -0.05) is 18.2 Å². The second-order valence-corrected chi connectivity index (χ2v) is 4.55. The van der Waals surface area contributed by atoms with E-state index in [9.17, 15) is 4.79 Å². The highest BCUT2D eigenvalue weighted by atomic mass is 16.5. The quantitative estimate of drug-likeness (QED) is 0.869. The molecule has 5 nitrogen and oxygen atoms in total. The maximum atomic E-state index is 11.5. The lowest BCUT2D eigenvalue weighted by Crippen LogP contribution is -2.35. The fourth-order valence-electron chi connectivity index (χ4n) is 1.79. The molecule has 0 aliphatic heterocycles. The van der Waals surface area contributed by atoms with Crippen molar-refractivity contribution in [2.75, 3.05) is 13.7 Å². The summed E-state index contributed by atoms with van der Waals surface area (Å²) in [6.45, 7) is 2.30. The highest BCUT2D eigenvalue weighted by molar-refractivity contribution is 5.80. The number of carbonyl (C=O) groups is 1. The molecule has 0 bridgehead atoms. The highest BCUT2D eigenvalue weighted by Gasteiger charge is 2.10. The number of methoxy groups -OCH3 is 1. The Morgan fingerprint density at radius 2 is 2.15 bits per heavy atom. The van der Waals surface area contributed by atoms with Crippen LogP contribution in [-0.2, 0) is 16.0 Å². The summed E-state index contributed by atoms with van der Waals surface area (Å²) in [5.41, 5.74) is 2.11. The van der Waals surface area contributed by atoms with Crippen LogP contribution in [0.5, 0.6) is 0 Å². The number of ether oxygens (including phenoxy) is 1. The first-order chi connectivity index (χ1) is 9.70. The van der Waals surface area contributed by atoms with E-state index in [0.29, 0.717) is 6.54 Å². The van der Waals surface area contributed by atoms with Gasteiger partial charge in [-0.3, -0.25) is 4.79 Å². The van der Waals surface area contributed by atoms with Crippen molar-refractivity contribution in [1.82, 2.24) is 15.1 Å². The first kappa shape index (κ1) is 14.3. The summed E-state index contributed by atoms with van der Waals surface area (Å²) in [4.78, 5) is 11.5. The third kappa shape index (κ3) is 3.68. The molecule has 0 saturated carbocycles. The lowest BCUT2D eigenvalue weighted by Gasteiger charge is -2.09. The number of benzene rings is 1. The van der Waals surface area contributed by atoms with Crippen molar-refractivity contribution in [1.29, 1.82) is 0 Å². The van der Waals surface area contributed by atoms with Gasteiger partial charge in [0.2, 0.25) is 5.91 Å². The van der Waals surface area contributed by atoms with Crippen molar-refractivity contribution in [2.45, 2.75) is 19.4 Å². The molecule has 1 aromatic heterocycles. The number of carbonyl (C=O) groups excluding carboxylic acids is 1. The first-order valence-electron chi connectivity index (χ1n) is 6.60. The number of amides is 1.